The molecule has 2 rings (SSSR count). The molecule has 13 heavy (non-hydrogen) atoms. The van der Waals surface area contributed by atoms with Crippen LogP contribution >= 0.6 is 0 Å². The van der Waals surface area contributed by atoms with Crippen LogP contribution < -0.4 is 0 Å². The van der Waals surface area contributed by atoms with Crippen molar-refractivity contribution < 1.29 is 0 Å². The minimum atomic E-state index is 0.913. The first-order valence-electron chi connectivity index (χ1n) is 4.44. The molecule has 0 aromatic rings. The summed E-state index contributed by atoms with van der Waals surface area (Å²) in [6.45, 7) is 6.16. The molecule has 0 bridgehead atoms. The second-order valence-corrected chi connectivity index (χ2v) is 3.46. The van der Waals surface area contributed by atoms with Crippen LogP contribution in [0.15, 0.2) is 33.3 Å². The lowest BCUT2D eigenvalue weighted by Crippen LogP contribution is -2.22. The Morgan fingerprint density at radius 2 is 2.08 bits per heavy atom. The van der Waals surface area contributed by atoms with E-state index in [1.54, 1.807) is 0 Å². The smallest absolute Gasteiger partial charge is 0.153 e. The lowest BCUT2D eigenvalue weighted by molar-refractivity contribution is 0.435. The Hall–Kier alpha value is -1.38. The lowest BCUT2D eigenvalue weighted by atomic mass is 10.1. The third-order valence-electron chi connectivity index (χ3n) is 2.21. The molecule has 68 valence electrons. The molecule has 0 spiro atoms. The third kappa shape index (κ3) is 1.30. The van der Waals surface area contributed by atoms with Crippen LogP contribution in [0.25, 0.3) is 0 Å². The molecule has 0 aliphatic carbocycles. The van der Waals surface area contributed by atoms with Crippen LogP contribution in [0.5, 0.6) is 0 Å². The number of hydrogen-bond acceptors (Lipinski definition) is 3. The molecule has 0 fully saturated rings. The minimum absolute atomic E-state index is 0.913. The summed E-state index contributed by atoms with van der Waals surface area (Å²) in [7, 11) is 0. The van der Waals surface area contributed by atoms with Crippen LogP contribution in [0.4, 0.5) is 0 Å². The van der Waals surface area contributed by atoms with E-state index in [0.717, 1.165) is 23.7 Å². The second-order valence-electron chi connectivity index (χ2n) is 3.46. The molecule has 0 aromatic heterocycles. The molecule has 2 aliphatic heterocycles. The Bertz CT molecular complexity index is 358. The van der Waals surface area contributed by atoms with Gasteiger partial charge >= 0.3 is 0 Å². The topological polar surface area (TPSA) is 28.0 Å². The molecule has 0 radical (unpaired) electrons. The number of nitrogens with zero attached hydrogens (tertiary/aromatic N) is 3. The minimum Gasteiger partial charge on any atom is -0.234 e. The Morgan fingerprint density at radius 1 is 1.31 bits per heavy atom. The maximum atomic E-state index is 4.47. The van der Waals surface area contributed by atoms with Crippen molar-refractivity contribution in [2.45, 2.75) is 27.2 Å². The number of fused-ring (bicyclic) bond motifs is 1. The highest BCUT2D eigenvalue weighted by molar-refractivity contribution is 5.95. The summed E-state index contributed by atoms with van der Waals surface area (Å²) in [6.07, 6.45) is 4.88. The third-order valence-corrected chi connectivity index (χ3v) is 2.21. The molecule has 3 nitrogen and oxygen atoms in total. The molecule has 0 unspecified atom stereocenters. The molecule has 0 atom stereocenters. The van der Waals surface area contributed by atoms with E-state index in [0.29, 0.717) is 0 Å². The molecule has 2 aliphatic rings. The Balaban J connectivity index is 2.48. The standard InChI is InChI=1S/C10H13N3/c1-7-4-5-11-13-9(3)6-8(2)12-10(7)13/h5-6H,4H2,1-3H3. The SMILES string of the molecule is CC1=CC(C)=NC2=C(C)CC=NN12. The van der Waals surface area contributed by atoms with E-state index in [1.807, 2.05) is 31.1 Å². The van der Waals surface area contributed by atoms with Crippen molar-refractivity contribution in [3.05, 3.63) is 23.2 Å². The maximum Gasteiger partial charge on any atom is 0.153 e. The second kappa shape index (κ2) is 2.83. The van der Waals surface area contributed by atoms with Crippen LogP contribution in [-0.4, -0.2) is 16.9 Å². The molecule has 2 heterocycles. The summed E-state index contributed by atoms with van der Waals surface area (Å²) in [5, 5.41) is 6.19. The number of hydrogen-bond donors (Lipinski definition) is 0. The van der Waals surface area contributed by atoms with Crippen molar-refractivity contribution in [3.8, 4) is 0 Å². The normalized spacial score (nSPS) is 21.3. The van der Waals surface area contributed by atoms with Crippen LogP contribution in [0.3, 0.4) is 0 Å². The van der Waals surface area contributed by atoms with Crippen LogP contribution in [0.2, 0.25) is 0 Å². The van der Waals surface area contributed by atoms with Gasteiger partial charge in [0.25, 0.3) is 0 Å². The fourth-order valence-electron chi connectivity index (χ4n) is 1.55. The van der Waals surface area contributed by atoms with E-state index in [9.17, 15) is 0 Å². The van der Waals surface area contributed by atoms with Crippen molar-refractivity contribution in [1.29, 1.82) is 0 Å². The fourth-order valence-corrected chi connectivity index (χ4v) is 1.55. The van der Waals surface area contributed by atoms with Crippen molar-refractivity contribution in [1.82, 2.24) is 5.01 Å². The van der Waals surface area contributed by atoms with Crippen LogP contribution in [0, 0.1) is 0 Å². The quantitative estimate of drug-likeness (QED) is 0.555. The summed E-state index contributed by atoms with van der Waals surface area (Å²) >= 11 is 0. The zero-order chi connectivity index (χ0) is 9.42. The van der Waals surface area contributed by atoms with Gasteiger partial charge in [-0.1, -0.05) is 0 Å². The first-order chi connectivity index (χ1) is 6.18. The van der Waals surface area contributed by atoms with Gasteiger partial charge in [0.1, 0.15) is 0 Å². The molecular formula is C10H13N3. The number of rotatable bonds is 0. The van der Waals surface area contributed by atoms with Gasteiger partial charge in [-0.25, -0.2) is 10.0 Å². The van der Waals surface area contributed by atoms with E-state index in [-0.39, 0.29) is 0 Å². The van der Waals surface area contributed by atoms with E-state index in [1.165, 1.54) is 5.57 Å². The van der Waals surface area contributed by atoms with Crippen molar-refractivity contribution in [3.63, 3.8) is 0 Å². The van der Waals surface area contributed by atoms with Crippen LogP contribution in [-0.2, 0) is 0 Å². The lowest BCUT2D eigenvalue weighted by Gasteiger charge is -2.27. The zero-order valence-corrected chi connectivity index (χ0v) is 8.20. The summed E-state index contributed by atoms with van der Waals surface area (Å²) in [5.41, 5.74) is 3.47. The first-order valence-corrected chi connectivity index (χ1v) is 4.44. The summed E-state index contributed by atoms with van der Waals surface area (Å²) in [5.74, 6) is 1.00. The molecule has 0 saturated heterocycles. The van der Waals surface area contributed by atoms with E-state index < -0.39 is 0 Å². The van der Waals surface area contributed by atoms with Gasteiger partial charge in [0.2, 0.25) is 0 Å². The van der Waals surface area contributed by atoms with E-state index >= 15 is 0 Å². The van der Waals surface area contributed by atoms with Crippen molar-refractivity contribution in [2.24, 2.45) is 10.1 Å². The molecular weight excluding hydrogens is 162 g/mol. The van der Waals surface area contributed by atoms with Gasteiger partial charge in [0, 0.05) is 24.0 Å². The van der Waals surface area contributed by atoms with Gasteiger partial charge in [-0.2, -0.15) is 5.10 Å². The number of allylic oxidation sites excluding steroid dienone is 3. The largest absolute Gasteiger partial charge is 0.234 e. The Kier molecular flexibility index (Phi) is 1.79. The highest BCUT2D eigenvalue weighted by atomic mass is 15.5. The maximum absolute atomic E-state index is 4.47. The molecule has 3 heteroatoms. The highest BCUT2D eigenvalue weighted by Gasteiger charge is 2.19. The van der Waals surface area contributed by atoms with Gasteiger partial charge in [-0.3, -0.25) is 0 Å². The van der Waals surface area contributed by atoms with E-state index in [4.69, 9.17) is 0 Å². The summed E-state index contributed by atoms with van der Waals surface area (Å²) in [6, 6.07) is 0. The van der Waals surface area contributed by atoms with Gasteiger partial charge in [0.15, 0.2) is 5.82 Å². The number of hydrazone groups is 1. The van der Waals surface area contributed by atoms with Gasteiger partial charge in [-0.05, 0) is 32.4 Å². The molecule has 0 N–H and O–H groups in total. The summed E-state index contributed by atoms with van der Waals surface area (Å²) in [4.78, 5) is 4.47. The van der Waals surface area contributed by atoms with Gasteiger partial charge < -0.3 is 0 Å². The molecule has 0 amide bonds. The van der Waals surface area contributed by atoms with Gasteiger partial charge in [0.05, 0.1) is 0 Å². The average Bonchev–Trinajstić information content (AvgIpc) is 2.07. The zero-order valence-electron chi connectivity index (χ0n) is 8.20. The Labute approximate surface area is 78.2 Å². The predicted molar refractivity (Wildman–Crippen MR) is 54.5 cm³/mol. The van der Waals surface area contributed by atoms with E-state index in [2.05, 4.69) is 17.0 Å². The van der Waals surface area contributed by atoms with Crippen LogP contribution in [0.1, 0.15) is 27.2 Å². The summed E-state index contributed by atoms with van der Waals surface area (Å²) < 4.78 is 0. The Morgan fingerprint density at radius 3 is 2.85 bits per heavy atom. The average molecular weight is 175 g/mol. The molecule has 0 saturated carbocycles. The van der Waals surface area contributed by atoms with Gasteiger partial charge in [-0.15, -0.1) is 0 Å². The predicted octanol–water partition coefficient (Wildman–Crippen LogP) is 2.29. The van der Waals surface area contributed by atoms with Crippen molar-refractivity contribution >= 4 is 11.9 Å². The molecule has 0 aromatic carbocycles. The fraction of sp³-hybridized carbons (Fsp3) is 0.400. The van der Waals surface area contributed by atoms with Crippen molar-refractivity contribution in [2.75, 3.05) is 0 Å². The first kappa shape index (κ1) is 8.23. The monoisotopic (exact) mass is 175 g/mol. The number of aliphatic imine (C=N–C) groups is 1. The highest BCUT2D eigenvalue weighted by Crippen LogP contribution is 2.26.